The van der Waals surface area contributed by atoms with Crippen LogP contribution in [0.5, 0.6) is 5.75 Å². The van der Waals surface area contributed by atoms with Crippen molar-refractivity contribution in [2.75, 3.05) is 16.8 Å². The van der Waals surface area contributed by atoms with Crippen LogP contribution in [0.15, 0.2) is 48.5 Å². The molecule has 0 aromatic heterocycles. The number of nitrogens with one attached hydrogen (secondary N) is 1. The number of anilines is 2. The standard InChI is InChI=1S/C20H19FN2O5/c1-12(19(25)22-15-7-5-6-14(21)10-15)27-20(26)18-11-23(13(2)24)16-8-3-4-9-17(16)28-18/h3-10,12,18H,11H2,1-2H3,(H,22,25)/t12-,18+/m1/s1. The first-order chi connectivity index (χ1) is 13.3. The second-order valence-electron chi connectivity index (χ2n) is 6.28. The molecular weight excluding hydrogens is 367 g/mol. The molecule has 0 saturated heterocycles. The number of halogens is 1. The van der Waals surface area contributed by atoms with Crippen molar-refractivity contribution in [2.24, 2.45) is 0 Å². The molecule has 7 nitrogen and oxygen atoms in total. The lowest BCUT2D eigenvalue weighted by Gasteiger charge is -2.33. The first-order valence-corrected chi connectivity index (χ1v) is 8.66. The Kier molecular flexibility index (Phi) is 5.58. The molecule has 2 atom stereocenters. The normalized spacial score (nSPS) is 16.4. The van der Waals surface area contributed by atoms with Gasteiger partial charge >= 0.3 is 5.97 Å². The fraction of sp³-hybridized carbons (Fsp3) is 0.250. The number of para-hydroxylation sites is 2. The van der Waals surface area contributed by atoms with Gasteiger partial charge in [-0.2, -0.15) is 0 Å². The highest BCUT2D eigenvalue weighted by atomic mass is 19.1. The maximum atomic E-state index is 13.2. The van der Waals surface area contributed by atoms with Crippen molar-refractivity contribution in [3.63, 3.8) is 0 Å². The number of ether oxygens (including phenoxy) is 2. The SMILES string of the molecule is CC(=O)N1C[C@@H](C(=O)O[C@H](C)C(=O)Nc2cccc(F)c2)Oc2ccccc21. The lowest BCUT2D eigenvalue weighted by molar-refractivity contribution is -0.160. The fourth-order valence-electron chi connectivity index (χ4n) is 2.77. The summed E-state index contributed by atoms with van der Waals surface area (Å²) < 4.78 is 24.0. The van der Waals surface area contributed by atoms with E-state index in [9.17, 15) is 18.8 Å². The molecule has 1 heterocycles. The number of benzene rings is 2. The van der Waals surface area contributed by atoms with Crippen LogP contribution in [0, 0.1) is 5.82 Å². The first-order valence-electron chi connectivity index (χ1n) is 8.66. The molecule has 1 aliphatic heterocycles. The third-order valence-corrected chi connectivity index (χ3v) is 4.17. The molecule has 2 aromatic rings. The van der Waals surface area contributed by atoms with Crippen LogP contribution in [0.3, 0.4) is 0 Å². The molecule has 8 heteroatoms. The zero-order valence-corrected chi connectivity index (χ0v) is 15.3. The van der Waals surface area contributed by atoms with Crippen molar-refractivity contribution in [3.05, 3.63) is 54.3 Å². The minimum absolute atomic E-state index is 0.0244. The van der Waals surface area contributed by atoms with E-state index in [1.165, 1.54) is 36.9 Å². The summed E-state index contributed by atoms with van der Waals surface area (Å²) in [5.74, 6) is -1.75. The molecule has 0 radical (unpaired) electrons. The van der Waals surface area contributed by atoms with Crippen LogP contribution in [-0.4, -0.2) is 36.5 Å². The largest absolute Gasteiger partial charge is 0.475 e. The Morgan fingerprint density at radius 3 is 2.68 bits per heavy atom. The molecule has 0 saturated carbocycles. The number of carbonyl (C=O) groups is 3. The summed E-state index contributed by atoms with van der Waals surface area (Å²) in [6, 6.07) is 12.2. The van der Waals surface area contributed by atoms with Gasteiger partial charge in [-0.25, -0.2) is 9.18 Å². The highest BCUT2D eigenvalue weighted by Gasteiger charge is 2.35. The molecule has 28 heavy (non-hydrogen) atoms. The number of rotatable bonds is 4. The summed E-state index contributed by atoms with van der Waals surface area (Å²) in [7, 11) is 0. The maximum Gasteiger partial charge on any atom is 0.350 e. The highest BCUT2D eigenvalue weighted by Crippen LogP contribution is 2.33. The Morgan fingerprint density at radius 2 is 1.96 bits per heavy atom. The van der Waals surface area contributed by atoms with E-state index in [1.54, 1.807) is 24.3 Å². The van der Waals surface area contributed by atoms with Crippen LogP contribution >= 0.6 is 0 Å². The van der Waals surface area contributed by atoms with Crippen molar-refractivity contribution < 1.29 is 28.2 Å². The number of nitrogens with zero attached hydrogens (tertiary/aromatic N) is 1. The van der Waals surface area contributed by atoms with E-state index in [2.05, 4.69) is 5.32 Å². The number of fused-ring (bicyclic) bond motifs is 1. The molecule has 1 aliphatic rings. The Balaban J connectivity index is 1.65. The first kappa shape index (κ1) is 19.3. The Hall–Kier alpha value is -3.42. The van der Waals surface area contributed by atoms with Gasteiger partial charge in [-0.1, -0.05) is 18.2 Å². The predicted octanol–water partition coefficient (Wildman–Crippen LogP) is 2.51. The van der Waals surface area contributed by atoms with E-state index in [0.717, 1.165) is 6.07 Å². The quantitative estimate of drug-likeness (QED) is 0.817. The van der Waals surface area contributed by atoms with Crippen LogP contribution < -0.4 is 15.0 Å². The van der Waals surface area contributed by atoms with Gasteiger partial charge in [0.25, 0.3) is 5.91 Å². The summed E-state index contributed by atoms with van der Waals surface area (Å²) in [4.78, 5) is 38.0. The van der Waals surface area contributed by atoms with Gasteiger partial charge in [0.1, 0.15) is 11.6 Å². The molecule has 2 amide bonds. The lowest BCUT2D eigenvalue weighted by Crippen LogP contribution is -2.48. The lowest BCUT2D eigenvalue weighted by atomic mass is 10.2. The molecule has 0 unspecified atom stereocenters. The summed E-state index contributed by atoms with van der Waals surface area (Å²) in [6.07, 6.45) is -2.20. The van der Waals surface area contributed by atoms with Crippen LogP contribution in [0.25, 0.3) is 0 Å². The number of carbonyl (C=O) groups excluding carboxylic acids is 3. The van der Waals surface area contributed by atoms with Gasteiger partial charge in [-0.3, -0.25) is 9.59 Å². The highest BCUT2D eigenvalue weighted by molar-refractivity contribution is 5.97. The molecule has 1 N–H and O–H groups in total. The van der Waals surface area contributed by atoms with Crippen molar-refractivity contribution >= 4 is 29.2 Å². The van der Waals surface area contributed by atoms with Crippen LogP contribution in [0.4, 0.5) is 15.8 Å². The molecule has 0 spiro atoms. The van der Waals surface area contributed by atoms with Gasteiger partial charge in [-0.15, -0.1) is 0 Å². The fourth-order valence-corrected chi connectivity index (χ4v) is 2.77. The van der Waals surface area contributed by atoms with Gasteiger partial charge in [0.2, 0.25) is 12.0 Å². The van der Waals surface area contributed by atoms with E-state index >= 15 is 0 Å². The average molecular weight is 386 g/mol. The molecule has 146 valence electrons. The zero-order chi connectivity index (χ0) is 20.3. The number of hydrogen-bond acceptors (Lipinski definition) is 5. The molecule has 0 bridgehead atoms. The van der Waals surface area contributed by atoms with Crippen molar-refractivity contribution in [3.8, 4) is 5.75 Å². The molecule has 2 aromatic carbocycles. The molecule has 0 fully saturated rings. The third kappa shape index (κ3) is 4.28. The van der Waals surface area contributed by atoms with E-state index in [1.807, 2.05) is 0 Å². The average Bonchev–Trinajstić information content (AvgIpc) is 2.66. The van der Waals surface area contributed by atoms with Gasteiger partial charge in [0.15, 0.2) is 6.10 Å². The zero-order valence-electron chi connectivity index (χ0n) is 15.3. The minimum atomic E-state index is -1.14. The second kappa shape index (κ2) is 8.08. The maximum absolute atomic E-state index is 13.2. The second-order valence-corrected chi connectivity index (χ2v) is 6.28. The number of amides is 2. The van der Waals surface area contributed by atoms with Crippen LogP contribution in [0.1, 0.15) is 13.8 Å². The van der Waals surface area contributed by atoms with Crippen molar-refractivity contribution in [1.29, 1.82) is 0 Å². The van der Waals surface area contributed by atoms with Gasteiger partial charge in [0, 0.05) is 12.6 Å². The van der Waals surface area contributed by atoms with Crippen LogP contribution in [-0.2, 0) is 19.1 Å². The van der Waals surface area contributed by atoms with Gasteiger partial charge in [0.05, 0.1) is 12.2 Å². The van der Waals surface area contributed by atoms with E-state index in [4.69, 9.17) is 9.47 Å². The minimum Gasteiger partial charge on any atom is -0.475 e. The summed E-state index contributed by atoms with van der Waals surface area (Å²) in [6.45, 7) is 2.76. The predicted molar refractivity (Wildman–Crippen MR) is 99.5 cm³/mol. The summed E-state index contributed by atoms with van der Waals surface area (Å²) in [5.41, 5.74) is 0.814. The Labute approximate surface area is 161 Å². The molecular formula is C20H19FN2O5. The monoisotopic (exact) mass is 386 g/mol. The molecule has 3 rings (SSSR count). The van der Waals surface area contributed by atoms with E-state index in [-0.39, 0.29) is 18.1 Å². The summed E-state index contributed by atoms with van der Waals surface area (Å²) >= 11 is 0. The third-order valence-electron chi connectivity index (χ3n) is 4.17. The number of esters is 1. The topological polar surface area (TPSA) is 84.9 Å². The smallest absolute Gasteiger partial charge is 0.350 e. The van der Waals surface area contributed by atoms with Crippen molar-refractivity contribution in [1.82, 2.24) is 0 Å². The summed E-state index contributed by atoms with van der Waals surface area (Å²) in [5, 5.41) is 2.47. The number of hydrogen-bond donors (Lipinski definition) is 1. The van der Waals surface area contributed by atoms with E-state index < -0.39 is 29.9 Å². The van der Waals surface area contributed by atoms with Crippen LogP contribution in [0.2, 0.25) is 0 Å². The molecule has 0 aliphatic carbocycles. The van der Waals surface area contributed by atoms with E-state index in [0.29, 0.717) is 11.4 Å². The van der Waals surface area contributed by atoms with Gasteiger partial charge < -0.3 is 19.7 Å². The van der Waals surface area contributed by atoms with Gasteiger partial charge in [-0.05, 0) is 37.3 Å². The van der Waals surface area contributed by atoms with Crippen molar-refractivity contribution in [2.45, 2.75) is 26.1 Å². The Bertz CT molecular complexity index is 917. The Morgan fingerprint density at radius 1 is 1.21 bits per heavy atom.